The third-order valence-corrected chi connectivity index (χ3v) is 2.79. The van der Waals surface area contributed by atoms with Crippen molar-refractivity contribution in [3.63, 3.8) is 0 Å². The van der Waals surface area contributed by atoms with Crippen LogP contribution in [0.25, 0.3) is 0 Å². The molecule has 21 heavy (non-hydrogen) atoms. The van der Waals surface area contributed by atoms with E-state index in [4.69, 9.17) is 0 Å². The molecule has 1 aromatic rings. The molecule has 1 aromatic carbocycles. The predicted molar refractivity (Wildman–Crippen MR) is 64.4 cm³/mol. The number of rotatable bonds is 5. The monoisotopic (exact) mass is 317 g/mol. The fraction of sp³-hybridized carbons (Fsp3) is 0.538. The quantitative estimate of drug-likeness (QED) is 0.719. The first-order chi connectivity index (χ1) is 9.49. The van der Waals surface area contributed by atoms with Gasteiger partial charge >= 0.3 is 12.4 Å². The van der Waals surface area contributed by atoms with Crippen LogP contribution in [0.4, 0.5) is 36.4 Å². The van der Waals surface area contributed by atoms with Crippen LogP contribution in [0, 0.1) is 5.82 Å². The molecule has 1 rings (SSSR count). The van der Waals surface area contributed by atoms with Crippen molar-refractivity contribution in [3.8, 4) is 0 Å². The van der Waals surface area contributed by atoms with E-state index in [1.807, 2.05) is 0 Å². The van der Waals surface area contributed by atoms with Crippen LogP contribution in [0.1, 0.15) is 31.7 Å². The summed E-state index contributed by atoms with van der Waals surface area (Å²) in [5.74, 6) is -0.884. The Balaban J connectivity index is 2.65. The lowest BCUT2D eigenvalue weighted by Crippen LogP contribution is -2.18. The maximum Gasteiger partial charge on any atom is 0.416 e. The van der Waals surface area contributed by atoms with Gasteiger partial charge in [-0.3, -0.25) is 0 Å². The Kier molecular flexibility index (Phi) is 5.47. The second-order valence-corrected chi connectivity index (χ2v) is 4.75. The number of hydrogen-bond donors (Lipinski definition) is 1. The molecular weight excluding hydrogens is 303 g/mol. The summed E-state index contributed by atoms with van der Waals surface area (Å²) in [4.78, 5) is 0. The van der Waals surface area contributed by atoms with Crippen LogP contribution in [-0.2, 0) is 6.18 Å². The summed E-state index contributed by atoms with van der Waals surface area (Å²) in [5, 5.41) is 2.47. The lowest BCUT2D eigenvalue weighted by atomic mass is 10.1. The number of nitrogens with one attached hydrogen (secondary N) is 1. The number of alkyl halides is 6. The molecule has 0 aliphatic carbocycles. The third-order valence-electron chi connectivity index (χ3n) is 2.79. The number of anilines is 1. The standard InChI is InChI=1S/C13H14F7N/c1-8(3-2-6-12(15,16)17)21-11-7-9(13(18,19)20)4-5-10(11)14/h4-5,7-8,21H,2-3,6H2,1H3. The van der Waals surface area contributed by atoms with Gasteiger partial charge in [0.2, 0.25) is 0 Å². The Labute approximate surface area is 117 Å². The highest BCUT2D eigenvalue weighted by Gasteiger charge is 2.31. The molecule has 1 atom stereocenters. The molecule has 0 fully saturated rings. The Morgan fingerprint density at radius 2 is 1.71 bits per heavy atom. The number of halogens is 7. The first kappa shape index (κ1) is 17.6. The van der Waals surface area contributed by atoms with Crippen LogP contribution >= 0.6 is 0 Å². The maximum atomic E-state index is 13.4. The summed E-state index contributed by atoms with van der Waals surface area (Å²) in [7, 11) is 0. The van der Waals surface area contributed by atoms with Gasteiger partial charge in [0.1, 0.15) is 5.82 Å². The SMILES string of the molecule is CC(CCCC(F)(F)F)Nc1cc(C(F)(F)F)ccc1F. The molecule has 0 saturated heterocycles. The minimum Gasteiger partial charge on any atom is -0.380 e. The van der Waals surface area contributed by atoms with Crippen molar-refractivity contribution in [3.05, 3.63) is 29.6 Å². The molecule has 0 radical (unpaired) electrons. The summed E-state index contributed by atoms with van der Waals surface area (Å²) in [6, 6.07) is 1.31. The van der Waals surface area contributed by atoms with Crippen LogP contribution < -0.4 is 5.32 Å². The molecule has 0 aromatic heterocycles. The maximum absolute atomic E-state index is 13.4. The molecule has 8 heteroatoms. The predicted octanol–water partition coefficient (Wildman–Crippen LogP) is 5.38. The third kappa shape index (κ3) is 6.22. The van der Waals surface area contributed by atoms with E-state index in [9.17, 15) is 30.7 Å². The minimum atomic E-state index is -4.61. The zero-order valence-corrected chi connectivity index (χ0v) is 11.1. The van der Waals surface area contributed by atoms with Crippen molar-refractivity contribution in [2.75, 3.05) is 5.32 Å². The van der Waals surface area contributed by atoms with E-state index in [1.54, 1.807) is 0 Å². The second kappa shape index (κ2) is 6.53. The van der Waals surface area contributed by atoms with Crippen molar-refractivity contribution >= 4 is 5.69 Å². The van der Waals surface area contributed by atoms with Crippen LogP contribution in [0.15, 0.2) is 18.2 Å². The molecule has 0 aliphatic rings. The van der Waals surface area contributed by atoms with E-state index in [0.717, 1.165) is 0 Å². The van der Waals surface area contributed by atoms with Crippen molar-refractivity contribution in [2.24, 2.45) is 0 Å². The highest BCUT2D eigenvalue weighted by atomic mass is 19.4. The van der Waals surface area contributed by atoms with Crippen LogP contribution in [0.2, 0.25) is 0 Å². The van der Waals surface area contributed by atoms with Gasteiger partial charge in [0.05, 0.1) is 11.3 Å². The van der Waals surface area contributed by atoms with Gasteiger partial charge in [-0.1, -0.05) is 0 Å². The van der Waals surface area contributed by atoms with Gasteiger partial charge < -0.3 is 5.32 Å². The lowest BCUT2D eigenvalue weighted by Gasteiger charge is -2.17. The van der Waals surface area contributed by atoms with Crippen molar-refractivity contribution in [2.45, 2.75) is 44.6 Å². The molecule has 0 saturated carbocycles. The fourth-order valence-corrected chi connectivity index (χ4v) is 1.76. The molecule has 0 amide bonds. The first-order valence-corrected chi connectivity index (χ1v) is 6.19. The van der Waals surface area contributed by atoms with Crippen LogP contribution in [0.3, 0.4) is 0 Å². The van der Waals surface area contributed by atoms with E-state index >= 15 is 0 Å². The Morgan fingerprint density at radius 1 is 1.10 bits per heavy atom. The Morgan fingerprint density at radius 3 is 2.24 bits per heavy atom. The average molecular weight is 317 g/mol. The molecule has 1 N–H and O–H groups in total. The van der Waals surface area contributed by atoms with Crippen molar-refractivity contribution < 1.29 is 30.7 Å². The van der Waals surface area contributed by atoms with Gasteiger partial charge in [0.25, 0.3) is 0 Å². The zero-order valence-electron chi connectivity index (χ0n) is 11.1. The van der Waals surface area contributed by atoms with E-state index in [1.165, 1.54) is 6.92 Å². The van der Waals surface area contributed by atoms with Gasteiger partial charge in [-0.25, -0.2) is 4.39 Å². The van der Waals surface area contributed by atoms with Gasteiger partial charge in [-0.15, -0.1) is 0 Å². The molecular formula is C13H14F7N. The minimum absolute atomic E-state index is 0.0647. The molecule has 120 valence electrons. The second-order valence-electron chi connectivity index (χ2n) is 4.75. The fourth-order valence-electron chi connectivity index (χ4n) is 1.76. The largest absolute Gasteiger partial charge is 0.416 e. The highest BCUT2D eigenvalue weighted by molar-refractivity contribution is 5.48. The highest BCUT2D eigenvalue weighted by Crippen LogP contribution is 2.32. The van der Waals surface area contributed by atoms with Crippen LogP contribution in [0.5, 0.6) is 0 Å². The van der Waals surface area contributed by atoms with Crippen LogP contribution in [-0.4, -0.2) is 12.2 Å². The summed E-state index contributed by atoms with van der Waals surface area (Å²) in [6.07, 6.45) is -9.98. The number of hydrogen-bond acceptors (Lipinski definition) is 1. The zero-order chi connectivity index (χ0) is 16.3. The molecule has 1 nitrogen and oxygen atoms in total. The lowest BCUT2D eigenvalue weighted by molar-refractivity contribution is -0.138. The molecule has 0 heterocycles. The summed E-state index contributed by atoms with van der Waals surface area (Å²) in [5.41, 5.74) is -1.39. The van der Waals surface area contributed by atoms with Gasteiger partial charge in [0.15, 0.2) is 0 Å². The summed E-state index contributed by atoms with van der Waals surface area (Å²) < 4.78 is 86.8. The molecule has 1 unspecified atom stereocenters. The van der Waals surface area contributed by atoms with E-state index in [-0.39, 0.29) is 18.5 Å². The normalized spacial score (nSPS) is 14.1. The van der Waals surface area contributed by atoms with Gasteiger partial charge in [-0.05, 0) is 38.0 Å². The smallest absolute Gasteiger partial charge is 0.380 e. The van der Waals surface area contributed by atoms with E-state index in [0.29, 0.717) is 18.2 Å². The molecule has 0 bridgehead atoms. The topological polar surface area (TPSA) is 12.0 Å². The van der Waals surface area contributed by atoms with E-state index < -0.39 is 36.2 Å². The van der Waals surface area contributed by atoms with Crippen molar-refractivity contribution in [1.82, 2.24) is 0 Å². The van der Waals surface area contributed by atoms with Crippen molar-refractivity contribution in [1.29, 1.82) is 0 Å². The summed E-state index contributed by atoms with van der Waals surface area (Å²) >= 11 is 0. The molecule has 0 aliphatic heterocycles. The first-order valence-electron chi connectivity index (χ1n) is 6.19. The average Bonchev–Trinajstić information content (AvgIpc) is 2.28. The number of benzene rings is 1. The molecule has 0 spiro atoms. The van der Waals surface area contributed by atoms with Gasteiger partial charge in [-0.2, -0.15) is 26.3 Å². The Bertz CT molecular complexity index is 465. The van der Waals surface area contributed by atoms with Gasteiger partial charge in [0, 0.05) is 12.5 Å². The Hall–Kier alpha value is -1.47. The van der Waals surface area contributed by atoms with E-state index in [2.05, 4.69) is 5.32 Å². The summed E-state index contributed by atoms with van der Waals surface area (Å²) in [6.45, 7) is 1.48.